The smallest absolute Gasteiger partial charge is 0.472 e. The Kier molecular flexibility index (Phi) is 19.3. The Morgan fingerprint density at radius 2 is 1.63 bits per heavy atom. The minimum Gasteiger partial charge on any atom is -0.480 e. The van der Waals surface area contributed by atoms with Crippen molar-refractivity contribution in [3.05, 3.63) is 24.3 Å². The fourth-order valence-electron chi connectivity index (χ4n) is 3.85. The van der Waals surface area contributed by atoms with Crippen molar-refractivity contribution in [2.24, 2.45) is 5.73 Å². The summed E-state index contributed by atoms with van der Waals surface area (Å²) in [5, 5.41) is 8.72. The molecule has 0 fully saturated rings. The number of carboxylic acid groups (broad SMARTS) is 1. The van der Waals surface area contributed by atoms with Gasteiger partial charge >= 0.3 is 19.8 Å². The number of rotatable bonds is 23. The van der Waals surface area contributed by atoms with E-state index in [9.17, 15) is 19.0 Å². The van der Waals surface area contributed by atoms with Crippen molar-refractivity contribution in [1.29, 1.82) is 0 Å². The summed E-state index contributed by atoms with van der Waals surface area (Å²) in [6.07, 6.45) is 21.9. The molecule has 0 saturated heterocycles. The molecule has 11 heteroatoms. The van der Waals surface area contributed by atoms with Gasteiger partial charge in [0.05, 0.1) is 19.8 Å². The molecule has 0 aromatic rings. The van der Waals surface area contributed by atoms with Gasteiger partial charge in [-0.2, -0.15) is 0 Å². The molecule has 4 N–H and O–H groups in total. The van der Waals surface area contributed by atoms with Crippen molar-refractivity contribution < 1.29 is 42.7 Å². The third-order valence-electron chi connectivity index (χ3n) is 6.15. The summed E-state index contributed by atoms with van der Waals surface area (Å²) >= 11 is 0. The van der Waals surface area contributed by atoms with Crippen molar-refractivity contribution in [2.75, 3.05) is 19.8 Å². The van der Waals surface area contributed by atoms with Crippen molar-refractivity contribution in [2.45, 2.75) is 115 Å². The largest absolute Gasteiger partial charge is 0.480 e. The van der Waals surface area contributed by atoms with E-state index < -0.39 is 38.6 Å². The molecule has 4 atom stereocenters. The molecule has 0 aliphatic carbocycles. The Bertz CT molecular complexity index is 759. The van der Waals surface area contributed by atoms with Crippen LogP contribution in [0.4, 0.5) is 0 Å². The Balaban J connectivity index is 2.14. The number of hydrogen-bond acceptors (Lipinski definition) is 8. The van der Waals surface area contributed by atoms with Crippen LogP contribution in [0, 0.1) is 0 Å². The standard InChI is InChI=1S/C27H48NO9P/c1-2-3-4-5-6-7-8-9-10-11-12-13-14-15-16-19-26(29)37-24-18-17-20-34-25(24)22-36-38(32,33)35-21-23(28)27(30)31/h9-10,17-18,23-25H,2-8,11-16,19-22,28H2,1H3,(H,30,31)(H,32,33)/b10-9-/t23-,24-,25+/m0/s1. The van der Waals surface area contributed by atoms with Gasteiger partial charge in [0, 0.05) is 6.42 Å². The van der Waals surface area contributed by atoms with Crippen LogP contribution in [0.3, 0.4) is 0 Å². The monoisotopic (exact) mass is 561 g/mol. The van der Waals surface area contributed by atoms with Gasteiger partial charge in [0.25, 0.3) is 0 Å². The number of carbonyl (C=O) groups excluding carboxylic acids is 1. The van der Waals surface area contributed by atoms with E-state index >= 15 is 0 Å². The number of ether oxygens (including phenoxy) is 2. The van der Waals surface area contributed by atoms with Crippen LogP contribution in [-0.4, -0.2) is 60.0 Å². The zero-order valence-electron chi connectivity index (χ0n) is 22.8. The number of nitrogens with two attached hydrogens (primary N) is 1. The van der Waals surface area contributed by atoms with E-state index in [2.05, 4.69) is 23.6 Å². The van der Waals surface area contributed by atoms with Crippen molar-refractivity contribution in [1.82, 2.24) is 0 Å². The third-order valence-corrected chi connectivity index (χ3v) is 7.10. The molecule has 0 radical (unpaired) electrons. The second-order valence-corrected chi connectivity index (χ2v) is 11.0. The lowest BCUT2D eigenvalue weighted by Gasteiger charge is -2.28. The molecule has 10 nitrogen and oxygen atoms in total. The van der Waals surface area contributed by atoms with Crippen LogP contribution in [-0.2, 0) is 32.7 Å². The predicted octanol–water partition coefficient (Wildman–Crippen LogP) is 5.44. The highest BCUT2D eigenvalue weighted by molar-refractivity contribution is 7.47. The van der Waals surface area contributed by atoms with Crippen LogP contribution < -0.4 is 5.73 Å². The Morgan fingerprint density at radius 1 is 1.03 bits per heavy atom. The molecule has 1 rings (SSSR count). The van der Waals surface area contributed by atoms with Gasteiger partial charge in [0.1, 0.15) is 18.2 Å². The fourth-order valence-corrected chi connectivity index (χ4v) is 4.61. The van der Waals surface area contributed by atoms with Crippen molar-refractivity contribution >= 4 is 19.8 Å². The Morgan fingerprint density at radius 3 is 2.26 bits per heavy atom. The molecule has 1 aliphatic rings. The van der Waals surface area contributed by atoms with Crippen LogP contribution in [0.25, 0.3) is 0 Å². The number of phosphoric ester groups is 1. The molecule has 1 heterocycles. The molecule has 1 unspecified atom stereocenters. The number of unbranched alkanes of at least 4 members (excludes halogenated alkanes) is 11. The maximum absolute atomic E-state index is 12.3. The van der Waals surface area contributed by atoms with E-state index in [4.69, 9.17) is 24.8 Å². The van der Waals surface area contributed by atoms with E-state index in [1.165, 1.54) is 44.9 Å². The van der Waals surface area contributed by atoms with E-state index in [0.717, 1.165) is 38.5 Å². The van der Waals surface area contributed by atoms with E-state index in [1.807, 2.05) is 0 Å². The van der Waals surface area contributed by atoms with E-state index in [-0.39, 0.29) is 25.6 Å². The van der Waals surface area contributed by atoms with Crippen LogP contribution in [0.2, 0.25) is 0 Å². The minimum atomic E-state index is -4.55. The fraction of sp³-hybridized carbons (Fsp3) is 0.778. The summed E-state index contributed by atoms with van der Waals surface area (Å²) < 4.78 is 32.4. The van der Waals surface area contributed by atoms with Gasteiger partial charge in [-0.15, -0.1) is 0 Å². The molecule has 0 aromatic heterocycles. The number of esters is 1. The number of hydrogen-bond donors (Lipinski definition) is 3. The quantitative estimate of drug-likeness (QED) is 0.0636. The first kappa shape index (κ1) is 34.5. The second kappa shape index (κ2) is 21.3. The second-order valence-electron chi connectivity index (χ2n) is 9.59. The number of carboxylic acids is 1. The normalized spacial score (nSPS) is 19.9. The van der Waals surface area contributed by atoms with Crippen LogP contribution >= 0.6 is 7.82 Å². The van der Waals surface area contributed by atoms with Gasteiger partial charge in [-0.3, -0.25) is 18.6 Å². The van der Waals surface area contributed by atoms with Crippen LogP contribution in [0.1, 0.15) is 96.8 Å². The molecule has 1 aliphatic heterocycles. The minimum absolute atomic E-state index is 0.233. The zero-order valence-corrected chi connectivity index (χ0v) is 23.7. The Labute approximate surface area is 227 Å². The average Bonchev–Trinajstić information content (AvgIpc) is 2.89. The molecule has 0 amide bonds. The molecular weight excluding hydrogens is 513 g/mol. The maximum Gasteiger partial charge on any atom is 0.472 e. The summed E-state index contributed by atoms with van der Waals surface area (Å²) in [6, 6.07) is -1.46. The third kappa shape index (κ3) is 17.9. The van der Waals surface area contributed by atoms with Crippen molar-refractivity contribution in [3.63, 3.8) is 0 Å². The highest BCUT2D eigenvalue weighted by Gasteiger charge is 2.31. The average molecular weight is 562 g/mol. The zero-order chi connectivity index (χ0) is 28.1. The summed E-state index contributed by atoms with van der Waals surface area (Å²) in [6.45, 7) is 1.40. The molecule has 38 heavy (non-hydrogen) atoms. The van der Waals surface area contributed by atoms with Gasteiger partial charge < -0.3 is 25.2 Å². The van der Waals surface area contributed by atoms with Gasteiger partial charge in [-0.05, 0) is 38.2 Å². The molecule has 0 spiro atoms. The van der Waals surface area contributed by atoms with Gasteiger partial charge in [-0.25, -0.2) is 4.57 Å². The number of carbonyl (C=O) groups is 2. The lowest BCUT2D eigenvalue weighted by atomic mass is 10.1. The first-order valence-corrected chi connectivity index (χ1v) is 15.5. The molecular formula is C27H48NO9P. The first-order chi connectivity index (χ1) is 18.2. The van der Waals surface area contributed by atoms with Gasteiger partial charge in [-0.1, -0.05) is 76.5 Å². The first-order valence-electron chi connectivity index (χ1n) is 14.0. The van der Waals surface area contributed by atoms with Gasteiger partial charge in [0.2, 0.25) is 0 Å². The summed E-state index contributed by atoms with van der Waals surface area (Å²) in [5.41, 5.74) is 5.25. The summed E-state index contributed by atoms with van der Waals surface area (Å²) in [5.74, 6) is -1.74. The SMILES string of the molecule is CCCCCCCC/C=C\CCCCCCCC(=O)O[C@H]1C=CCO[C@@H]1COP(=O)(O)OC[C@H](N)C(=O)O. The van der Waals surface area contributed by atoms with Crippen LogP contribution in [0.15, 0.2) is 24.3 Å². The maximum atomic E-state index is 12.3. The summed E-state index contributed by atoms with van der Waals surface area (Å²) in [7, 11) is -4.55. The molecule has 220 valence electrons. The number of aliphatic carboxylic acids is 1. The number of phosphoric acid groups is 1. The van der Waals surface area contributed by atoms with Gasteiger partial charge in [0.15, 0.2) is 0 Å². The lowest BCUT2D eigenvalue weighted by Crippen LogP contribution is -2.38. The lowest BCUT2D eigenvalue weighted by molar-refractivity contribution is -0.155. The number of allylic oxidation sites excluding steroid dienone is 2. The molecule has 0 aromatic carbocycles. The highest BCUT2D eigenvalue weighted by atomic mass is 31.2. The molecule has 0 saturated carbocycles. The molecule has 0 bridgehead atoms. The van der Waals surface area contributed by atoms with E-state index in [1.54, 1.807) is 12.2 Å². The predicted molar refractivity (Wildman–Crippen MR) is 146 cm³/mol. The van der Waals surface area contributed by atoms with E-state index in [0.29, 0.717) is 0 Å². The summed E-state index contributed by atoms with van der Waals surface area (Å²) in [4.78, 5) is 32.7. The van der Waals surface area contributed by atoms with Crippen LogP contribution in [0.5, 0.6) is 0 Å². The highest BCUT2D eigenvalue weighted by Crippen LogP contribution is 2.43. The topological polar surface area (TPSA) is 155 Å². The van der Waals surface area contributed by atoms with Crippen molar-refractivity contribution in [3.8, 4) is 0 Å². The Hall–Kier alpha value is -1.55.